The molecule has 0 saturated carbocycles. The first kappa shape index (κ1) is 15.0. The van der Waals surface area contributed by atoms with Crippen LogP contribution in [0.3, 0.4) is 0 Å². The summed E-state index contributed by atoms with van der Waals surface area (Å²) in [5.74, 6) is -0.382. The van der Waals surface area contributed by atoms with E-state index in [1.165, 1.54) is 26.0 Å². The van der Waals surface area contributed by atoms with Crippen molar-refractivity contribution in [2.75, 3.05) is 13.2 Å². The Morgan fingerprint density at radius 1 is 1.29 bits per heavy atom. The van der Waals surface area contributed by atoms with Crippen LogP contribution in [0, 0.1) is 5.41 Å². The van der Waals surface area contributed by atoms with Gasteiger partial charge in [-0.15, -0.1) is 0 Å². The third-order valence-electron chi connectivity index (χ3n) is 3.15. The highest BCUT2D eigenvalue weighted by Crippen LogP contribution is 2.36. The predicted molar refractivity (Wildman–Crippen MR) is 72.3 cm³/mol. The Morgan fingerprint density at radius 2 is 2.00 bits per heavy atom. The van der Waals surface area contributed by atoms with E-state index >= 15 is 0 Å². The highest BCUT2D eigenvalue weighted by atomic mass is 16.5. The van der Waals surface area contributed by atoms with Crippen LogP contribution in [0.5, 0.6) is 11.5 Å². The molecular weight excluding hydrogens is 276 g/mol. The first-order valence-corrected chi connectivity index (χ1v) is 6.45. The van der Waals surface area contributed by atoms with Gasteiger partial charge >= 0.3 is 11.9 Å². The second kappa shape index (κ2) is 5.55. The molecule has 6 nitrogen and oxygen atoms in total. The molecule has 1 aliphatic heterocycles. The number of benzene rings is 1. The maximum atomic E-state index is 12.5. The molecule has 1 heterocycles. The Balaban J connectivity index is 2.24. The molecule has 0 bridgehead atoms. The molecule has 1 aromatic carbocycles. The monoisotopic (exact) mass is 292 g/mol. The number of Topliss-reactive ketones (excluding diaryl/α,β-unsaturated/α-hetero) is 1. The normalized spacial score (nSPS) is 20.2. The summed E-state index contributed by atoms with van der Waals surface area (Å²) in [6, 6.07) is 4.57. The number of hydrogen-bond donors (Lipinski definition) is 0. The fraction of sp³-hybridized carbons (Fsp3) is 0.400. The molecule has 0 amide bonds. The van der Waals surface area contributed by atoms with Gasteiger partial charge in [0.05, 0.1) is 11.0 Å². The van der Waals surface area contributed by atoms with Crippen molar-refractivity contribution in [3.63, 3.8) is 0 Å². The number of carbonyl (C=O) groups is 3. The zero-order valence-corrected chi connectivity index (χ0v) is 12.1. The summed E-state index contributed by atoms with van der Waals surface area (Å²) in [5, 5.41) is 0. The molecule has 21 heavy (non-hydrogen) atoms. The zero-order valence-electron chi connectivity index (χ0n) is 12.1. The summed E-state index contributed by atoms with van der Waals surface area (Å²) in [6.07, 6.45) is 0. The molecule has 1 atom stereocenters. The number of esters is 2. The lowest BCUT2D eigenvalue weighted by molar-refractivity contribution is -0.143. The lowest BCUT2D eigenvalue weighted by Crippen LogP contribution is -2.42. The van der Waals surface area contributed by atoms with Gasteiger partial charge in [-0.1, -0.05) is 0 Å². The van der Waals surface area contributed by atoms with Crippen molar-refractivity contribution in [3.05, 3.63) is 23.8 Å². The standard InChI is InChI=1S/C15H16O6/c1-9(16)19-7-15(3)8-20-13-6-11(21-10(2)17)4-5-12(13)14(15)18/h4-6H,7-8H2,1-3H3. The minimum Gasteiger partial charge on any atom is -0.491 e. The van der Waals surface area contributed by atoms with E-state index in [1.807, 2.05) is 0 Å². The Bertz CT molecular complexity index is 606. The highest BCUT2D eigenvalue weighted by Gasteiger charge is 2.41. The van der Waals surface area contributed by atoms with Crippen molar-refractivity contribution < 1.29 is 28.6 Å². The molecule has 1 aliphatic rings. The van der Waals surface area contributed by atoms with Gasteiger partial charge in [-0.3, -0.25) is 14.4 Å². The fourth-order valence-electron chi connectivity index (χ4n) is 2.03. The van der Waals surface area contributed by atoms with E-state index in [1.54, 1.807) is 13.0 Å². The van der Waals surface area contributed by atoms with Crippen molar-refractivity contribution in [3.8, 4) is 11.5 Å². The average molecular weight is 292 g/mol. The van der Waals surface area contributed by atoms with Crippen molar-refractivity contribution in [2.45, 2.75) is 20.8 Å². The molecule has 2 rings (SSSR count). The van der Waals surface area contributed by atoms with Crippen LogP contribution < -0.4 is 9.47 Å². The maximum absolute atomic E-state index is 12.5. The van der Waals surface area contributed by atoms with Crippen molar-refractivity contribution in [1.82, 2.24) is 0 Å². The molecule has 0 saturated heterocycles. The predicted octanol–water partition coefficient (Wildman–Crippen LogP) is 1.76. The van der Waals surface area contributed by atoms with E-state index < -0.39 is 17.4 Å². The second-order valence-corrected chi connectivity index (χ2v) is 5.21. The highest BCUT2D eigenvalue weighted by molar-refractivity contribution is 6.04. The number of fused-ring (bicyclic) bond motifs is 1. The minimum absolute atomic E-state index is 0.0354. The van der Waals surface area contributed by atoms with Gasteiger partial charge < -0.3 is 14.2 Å². The van der Waals surface area contributed by atoms with Crippen LogP contribution in [0.15, 0.2) is 18.2 Å². The van der Waals surface area contributed by atoms with Crippen LogP contribution >= 0.6 is 0 Å². The molecule has 0 fully saturated rings. The smallest absolute Gasteiger partial charge is 0.308 e. The molecule has 1 unspecified atom stereocenters. The van der Waals surface area contributed by atoms with E-state index in [4.69, 9.17) is 14.2 Å². The number of ketones is 1. The molecule has 0 aromatic heterocycles. The van der Waals surface area contributed by atoms with E-state index in [9.17, 15) is 14.4 Å². The molecule has 0 aliphatic carbocycles. The summed E-state index contributed by atoms with van der Waals surface area (Å²) in [6.45, 7) is 4.32. The van der Waals surface area contributed by atoms with E-state index in [0.717, 1.165) is 0 Å². The molecule has 112 valence electrons. The minimum atomic E-state index is -0.915. The van der Waals surface area contributed by atoms with Crippen LogP contribution in [-0.2, 0) is 14.3 Å². The summed E-state index contributed by atoms with van der Waals surface area (Å²) < 4.78 is 15.4. The van der Waals surface area contributed by atoms with Crippen molar-refractivity contribution in [2.24, 2.45) is 5.41 Å². The van der Waals surface area contributed by atoms with Crippen LogP contribution in [0.4, 0.5) is 0 Å². The molecule has 0 radical (unpaired) electrons. The largest absolute Gasteiger partial charge is 0.491 e. The van der Waals surface area contributed by atoms with E-state index in [0.29, 0.717) is 17.1 Å². The van der Waals surface area contributed by atoms with Gasteiger partial charge in [-0.2, -0.15) is 0 Å². The molecule has 6 heteroatoms. The summed E-state index contributed by atoms with van der Waals surface area (Å²) in [7, 11) is 0. The lowest BCUT2D eigenvalue weighted by Gasteiger charge is -2.32. The van der Waals surface area contributed by atoms with Crippen LogP contribution in [-0.4, -0.2) is 30.9 Å². The lowest BCUT2D eigenvalue weighted by atomic mass is 9.81. The van der Waals surface area contributed by atoms with Crippen LogP contribution in [0.1, 0.15) is 31.1 Å². The molecular formula is C15H16O6. The van der Waals surface area contributed by atoms with E-state index in [2.05, 4.69) is 0 Å². The van der Waals surface area contributed by atoms with Gasteiger partial charge in [-0.25, -0.2) is 0 Å². The quantitative estimate of drug-likeness (QED) is 0.624. The van der Waals surface area contributed by atoms with Crippen molar-refractivity contribution in [1.29, 1.82) is 0 Å². The van der Waals surface area contributed by atoms with Crippen molar-refractivity contribution >= 4 is 17.7 Å². The average Bonchev–Trinajstić information content (AvgIpc) is 2.41. The third-order valence-corrected chi connectivity index (χ3v) is 3.15. The van der Waals surface area contributed by atoms with Gasteiger partial charge in [0.25, 0.3) is 0 Å². The Kier molecular flexibility index (Phi) is 3.97. The summed E-state index contributed by atoms with van der Waals surface area (Å²) in [4.78, 5) is 34.3. The number of hydrogen-bond acceptors (Lipinski definition) is 6. The zero-order chi connectivity index (χ0) is 15.6. The Labute approximate surface area is 122 Å². The SMILES string of the molecule is CC(=O)OCC1(C)COc2cc(OC(C)=O)ccc2C1=O. The maximum Gasteiger partial charge on any atom is 0.308 e. The molecule has 1 aromatic rings. The molecule has 0 N–H and O–H groups in total. The molecule has 0 spiro atoms. The second-order valence-electron chi connectivity index (χ2n) is 5.21. The number of rotatable bonds is 3. The van der Waals surface area contributed by atoms with E-state index in [-0.39, 0.29) is 19.0 Å². The van der Waals surface area contributed by atoms with Gasteiger partial charge in [-0.05, 0) is 19.1 Å². The van der Waals surface area contributed by atoms with Crippen LogP contribution in [0.2, 0.25) is 0 Å². The summed E-state index contributed by atoms with van der Waals surface area (Å²) >= 11 is 0. The first-order valence-electron chi connectivity index (χ1n) is 6.45. The summed E-state index contributed by atoms with van der Waals surface area (Å²) in [5.41, 5.74) is -0.534. The first-order chi connectivity index (χ1) is 9.82. The van der Waals surface area contributed by atoms with Gasteiger partial charge in [0.1, 0.15) is 24.7 Å². The fourth-order valence-corrected chi connectivity index (χ4v) is 2.03. The van der Waals surface area contributed by atoms with Crippen LogP contribution in [0.25, 0.3) is 0 Å². The Hall–Kier alpha value is -2.37. The number of ether oxygens (including phenoxy) is 3. The third kappa shape index (κ3) is 3.21. The van der Waals surface area contributed by atoms with Gasteiger partial charge in [0.2, 0.25) is 0 Å². The van der Waals surface area contributed by atoms with Gasteiger partial charge in [0, 0.05) is 19.9 Å². The topological polar surface area (TPSA) is 78.9 Å². The number of carbonyl (C=O) groups excluding carboxylic acids is 3. The van der Waals surface area contributed by atoms with Gasteiger partial charge in [0.15, 0.2) is 5.78 Å². The Morgan fingerprint density at radius 3 is 2.62 bits per heavy atom.